The van der Waals surface area contributed by atoms with Crippen LogP contribution in [0.1, 0.15) is 54.4 Å². The van der Waals surface area contributed by atoms with Gasteiger partial charge in [-0.05, 0) is 55.5 Å². The zero-order valence-electron chi connectivity index (χ0n) is 16.4. The first-order valence-corrected chi connectivity index (χ1v) is 10.3. The normalized spacial score (nSPS) is 17.0. The first-order chi connectivity index (χ1) is 13.8. The van der Waals surface area contributed by atoms with E-state index in [2.05, 4.69) is 41.8 Å². The number of nitrogens with one attached hydrogen (secondary N) is 2. The fourth-order valence-electron chi connectivity index (χ4n) is 3.87. The van der Waals surface area contributed by atoms with Crippen LogP contribution in [0.25, 0.3) is 16.6 Å². The number of rotatable bonds is 6. The Morgan fingerprint density at radius 1 is 1.25 bits per heavy atom. The Labute approximate surface area is 166 Å². The summed E-state index contributed by atoms with van der Waals surface area (Å²) in [4.78, 5) is 12.5. The lowest BCUT2D eigenvalue weighted by atomic mass is 9.92. The van der Waals surface area contributed by atoms with E-state index in [1.54, 1.807) is 0 Å². The molecule has 0 radical (unpaired) electrons. The van der Waals surface area contributed by atoms with Crippen LogP contribution in [0.4, 0.5) is 0 Å². The highest BCUT2D eigenvalue weighted by Crippen LogP contribution is 2.25. The Hall–Kier alpha value is -2.66. The van der Waals surface area contributed by atoms with Gasteiger partial charge in [0.15, 0.2) is 0 Å². The molecule has 2 N–H and O–H groups in total. The van der Waals surface area contributed by atoms with E-state index in [0.29, 0.717) is 18.0 Å². The van der Waals surface area contributed by atoms with Crippen LogP contribution in [0, 0.1) is 0 Å². The summed E-state index contributed by atoms with van der Waals surface area (Å²) in [7, 11) is 0. The summed E-state index contributed by atoms with van der Waals surface area (Å²) in [5.41, 5.74) is 3.78. The van der Waals surface area contributed by atoms with Gasteiger partial charge in [0, 0.05) is 24.7 Å². The lowest BCUT2D eigenvalue weighted by molar-refractivity contribution is 0.0954. The monoisotopic (exact) mass is 376 g/mol. The minimum atomic E-state index is -0.0514. The molecule has 1 aliphatic rings. The van der Waals surface area contributed by atoms with Gasteiger partial charge in [0.25, 0.3) is 5.91 Å². The highest BCUT2D eigenvalue weighted by atomic mass is 16.1. The van der Waals surface area contributed by atoms with Gasteiger partial charge in [-0.2, -0.15) is 5.10 Å². The molecule has 4 rings (SSSR count). The molecule has 0 bridgehead atoms. The van der Waals surface area contributed by atoms with E-state index in [-0.39, 0.29) is 5.91 Å². The van der Waals surface area contributed by atoms with Crippen LogP contribution in [-0.4, -0.2) is 35.3 Å². The summed E-state index contributed by atoms with van der Waals surface area (Å²) < 4.78 is 1.87. The molecule has 0 saturated carbocycles. The lowest BCUT2D eigenvalue weighted by Gasteiger charge is -2.23. The second kappa shape index (κ2) is 8.57. The number of carbonyl (C=O) groups is 1. The number of unbranched alkanes of at least 4 members (excludes halogenated alkanes) is 1. The standard InChI is InChI=1S/C23H28N4O/c1-2-3-14-25-23(28)21-8-4-6-19-16-27(26-22(19)21)20-11-9-17(10-12-20)18-7-5-13-24-15-18/h4,6,8-12,16,18,24H,2-3,5,7,13-15H2,1H3,(H,25,28)/t18-/m1/s1. The molecular formula is C23H28N4O. The van der Waals surface area contributed by atoms with Gasteiger partial charge in [0.05, 0.1) is 11.3 Å². The van der Waals surface area contributed by atoms with Gasteiger partial charge in [-0.1, -0.05) is 37.6 Å². The van der Waals surface area contributed by atoms with Crippen molar-refractivity contribution in [2.75, 3.05) is 19.6 Å². The Morgan fingerprint density at radius 2 is 2.11 bits per heavy atom. The molecule has 0 aliphatic carbocycles. The minimum Gasteiger partial charge on any atom is -0.352 e. The molecule has 0 unspecified atom stereocenters. The van der Waals surface area contributed by atoms with Crippen molar-refractivity contribution in [3.63, 3.8) is 0 Å². The van der Waals surface area contributed by atoms with Crippen LogP contribution in [-0.2, 0) is 0 Å². The van der Waals surface area contributed by atoms with Crippen LogP contribution in [0.5, 0.6) is 0 Å². The van der Waals surface area contributed by atoms with Gasteiger partial charge in [-0.15, -0.1) is 0 Å². The summed E-state index contributed by atoms with van der Waals surface area (Å²) >= 11 is 0. The molecule has 3 aromatic rings. The molecule has 2 heterocycles. The number of hydrogen-bond donors (Lipinski definition) is 2. The van der Waals surface area contributed by atoms with Gasteiger partial charge in [0.1, 0.15) is 5.52 Å². The van der Waals surface area contributed by atoms with Gasteiger partial charge in [-0.3, -0.25) is 4.79 Å². The molecule has 1 amide bonds. The third kappa shape index (κ3) is 3.94. The van der Waals surface area contributed by atoms with Crippen molar-refractivity contribution in [2.45, 2.75) is 38.5 Å². The lowest BCUT2D eigenvalue weighted by Crippen LogP contribution is -2.28. The van der Waals surface area contributed by atoms with E-state index in [1.165, 1.54) is 18.4 Å². The molecule has 146 valence electrons. The summed E-state index contributed by atoms with van der Waals surface area (Å²) in [6.07, 6.45) is 6.52. The van der Waals surface area contributed by atoms with Crippen LogP contribution >= 0.6 is 0 Å². The van der Waals surface area contributed by atoms with E-state index in [0.717, 1.165) is 42.5 Å². The maximum atomic E-state index is 12.5. The number of carbonyl (C=O) groups excluding carboxylic acids is 1. The topological polar surface area (TPSA) is 59.0 Å². The van der Waals surface area contributed by atoms with Crippen LogP contribution in [0.15, 0.2) is 48.7 Å². The predicted molar refractivity (Wildman–Crippen MR) is 113 cm³/mol. The Balaban J connectivity index is 1.57. The van der Waals surface area contributed by atoms with Crippen molar-refractivity contribution in [3.05, 3.63) is 59.8 Å². The fourth-order valence-corrected chi connectivity index (χ4v) is 3.87. The van der Waals surface area contributed by atoms with Crippen LogP contribution < -0.4 is 10.6 Å². The highest BCUT2D eigenvalue weighted by molar-refractivity contribution is 6.05. The average molecular weight is 377 g/mol. The second-order valence-electron chi connectivity index (χ2n) is 7.56. The maximum Gasteiger partial charge on any atom is 0.253 e. The second-order valence-corrected chi connectivity index (χ2v) is 7.56. The van der Waals surface area contributed by atoms with Crippen molar-refractivity contribution in [3.8, 4) is 5.69 Å². The van der Waals surface area contributed by atoms with Gasteiger partial charge >= 0.3 is 0 Å². The molecule has 1 atom stereocenters. The summed E-state index contributed by atoms with van der Waals surface area (Å²) in [6.45, 7) is 5.00. The highest BCUT2D eigenvalue weighted by Gasteiger charge is 2.16. The summed E-state index contributed by atoms with van der Waals surface area (Å²) in [5.74, 6) is 0.544. The molecule has 0 spiro atoms. The molecular weight excluding hydrogens is 348 g/mol. The van der Waals surface area contributed by atoms with Crippen molar-refractivity contribution in [1.29, 1.82) is 0 Å². The Kier molecular flexibility index (Phi) is 5.72. The van der Waals surface area contributed by atoms with Gasteiger partial charge in [0.2, 0.25) is 0 Å². The molecule has 2 aromatic carbocycles. The average Bonchev–Trinajstić information content (AvgIpc) is 3.19. The Bertz CT molecular complexity index is 939. The van der Waals surface area contributed by atoms with Crippen molar-refractivity contribution in [2.24, 2.45) is 0 Å². The zero-order valence-corrected chi connectivity index (χ0v) is 16.4. The Morgan fingerprint density at radius 3 is 2.86 bits per heavy atom. The van der Waals surface area contributed by atoms with E-state index < -0.39 is 0 Å². The number of aromatic nitrogens is 2. The van der Waals surface area contributed by atoms with Crippen molar-refractivity contribution in [1.82, 2.24) is 20.4 Å². The van der Waals surface area contributed by atoms with Crippen molar-refractivity contribution < 1.29 is 4.79 Å². The first kappa shape index (κ1) is 18.7. The molecule has 28 heavy (non-hydrogen) atoms. The summed E-state index contributed by atoms with van der Waals surface area (Å²) in [5, 5.41) is 12.2. The SMILES string of the molecule is CCCCNC(=O)c1cccc2cn(-c3ccc([C@@H]4CCCNC4)cc3)nc12. The van der Waals surface area contributed by atoms with Crippen molar-refractivity contribution >= 4 is 16.8 Å². The molecule has 5 heteroatoms. The zero-order chi connectivity index (χ0) is 19.3. The van der Waals surface area contributed by atoms with Crippen LogP contribution in [0.2, 0.25) is 0 Å². The smallest absolute Gasteiger partial charge is 0.253 e. The van der Waals surface area contributed by atoms with E-state index in [1.807, 2.05) is 29.1 Å². The van der Waals surface area contributed by atoms with E-state index >= 15 is 0 Å². The number of hydrogen-bond acceptors (Lipinski definition) is 3. The third-order valence-electron chi connectivity index (χ3n) is 5.52. The minimum absolute atomic E-state index is 0.0514. The van der Waals surface area contributed by atoms with Gasteiger partial charge in [-0.25, -0.2) is 4.68 Å². The number of nitrogens with zero attached hydrogens (tertiary/aromatic N) is 2. The first-order valence-electron chi connectivity index (χ1n) is 10.3. The summed E-state index contributed by atoms with van der Waals surface area (Å²) in [6, 6.07) is 14.4. The number of amides is 1. The fraction of sp³-hybridized carbons (Fsp3) is 0.391. The number of piperidine rings is 1. The largest absolute Gasteiger partial charge is 0.352 e. The van der Waals surface area contributed by atoms with E-state index in [4.69, 9.17) is 5.10 Å². The number of benzene rings is 2. The molecule has 1 fully saturated rings. The maximum absolute atomic E-state index is 12.5. The molecule has 1 aromatic heterocycles. The molecule has 1 saturated heterocycles. The number of fused-ring (bicyclic) bond motifs is 1. The molecule has 5 nitrogen and oxygen atoms in total. The quantitative estimate of drug-likeness (QED) is 0.639. The third-order valence-corrected chi connectivity index (χ3v) is 5.52. The predicted octanol–water partition coefficient (Wildman–Crippen LogP) is 4.02. The van der Waals surface area contributed by atoms with Gasteiger partial charge < -0.3 is 10.6 Å². The van der Waals surface area contributed by atoms with E-state index in [9.17, 15) is 4.79 Å². The van der Waals surface area contributed by atoms with Crippen LogP contribution in [0.3, 0.4) is 0 Å². The molecule has 1 aliphatic heterocycles.